The van der Waals surface area contributed by atoms with E-state index in [1.165, 1.54) is 5.56 Å². The van der Waals surface area contributed by atoms with E-state index in [1.807, 2.05) is 19.1 Å². The molecular formula is C13H15NOS2. The Hall–Kier alpha value is -1.00. The zero-order valence-electron chi connectivity index (χ0n) is 9.97. The summed E-state index contributed by atoms with van der Waals surface area (Å²) in [5.74, 6) is 1.88. The van der Waals surface area contributed by atoms with Crippen LogP contribution in [-0.2, 0) is 0 Å². The van der Waals surface area contributed by atoms with Gasteiger partial charge in [-0.05, 0) is 31.5 Å². The van der Waals surface area contributed by atoms with E-state index in [-0.39, 0.29) is 0 Å². The molecule has 2 nitrogen and oxygen atoms in total. The maximum atomic E-state index is 5.67. The Morgan fingerprint density at radius 2 is 2.24 bits per heavy atom. The average molecular weight is 265 g/mol. The van der Waals surface area contributed by atoms with Crippen LogP contribution in [0.2, 0.25) is 0 Å². The van der Waals surface area contributed by atoms with Crippen LogP contribution in [0.5, 0.6) is 5.75 Å². The monoisotopic (exact) mass is 265 g/mol. The molecule has 0 saturated heterocycles. The predicted molar refractivity (Wildman–Crippen MR) is 74.2 cm³/mol. The minimum Gasteiger partial charge on any atom is -0.493 e. The van der Waals surface area contributed by atoms with E-state index in [0.29, 0.717) is 6.61 Å². The summed E-state index contributed by atoms with van der Waals surface area (Å²) in [5.41, 5.74) is 2.32. The van der Waals surface area contributed by atoms with Crippen LogP contribution in [-0.4, -0.2) is 17.3 Å². The predicted octanol–water partition coefficient (Wildman–Crippen LogP) is 3.93. The highest BCUT2D eigenvalue weighted by atomic mass is 32.2. The Bertz CT molecular complexity index is 482. The molecule has 2 rings (SSSR count). The molecule has 0 aliphatic rings. The number of hydrogen-bond acceptors (Lipinski definition) is 4. The van der Waals surface area contributed by atoms with Crippen molar-refractivity contribution < 1.29 is 4.74 Å². The molecule has 0 aliphatic carbocycles. The number of ether oxygens (including phenoxy) is 1. The van der Waals surface area contributed by atoms with Gasteiger partial charge in [0.2, 0.25) is 0 Å². The van der Waals surface area contributed by atoms with Crippen LogP contribution in [0.3, 0.4) is 0 Å². The van der Waals surface area contributed by atoms with Crippen molar-refractivity contribution in [2.24, 2.45) is 0 Å². The van der Waals surface area contributed by atoms with E-state index in [4.69, 9.17) is 4.74 Å². The van der Waals surface area contributed by atoms with Crippen molar-refractivity contribution in [2.75, 3.05) is 12.4 Å². The zero-order valence-corrected chi connectivity index (χ0v) is 11.6. The van der Waals surface area contributed by atoms with E-state index in [1.54, 1.807) is 23.1 Å². The smallest absolute Gasteiger partial charge is 0.150 e. The first-order chi connectivity index (χ1) is 8.24. The Kier molecular flexibility index (Phi) is 4.45. The number of aryl methyl sites for hydroxylation is 2. The highest BCUT2D eigenvalue weighted by Gasteiger charge is 1.99. The minimum atomic E-state index is 0.715. The Morgan fingerprint density at radius 3 is 2.94 bits per heavy atom. The SMILES string of the molecule is Cc1cccc(OCCSc2nc(C)cs2)c1. The third-order valence-electron chi connectivity index (χ3n) is 2.17. The number of benzene rings is 1. The lowest BCUT2D eigenvalue weighted by atomic mass is 10.2. The maximum Gasteiger partial charge on any atom is 0.150 e. The number of nitrogens with zero attached hydrogens (tertiary/aromatic N) is 1. The quantitative estimate of drug-likeness (QED) is 0.604. The molecule has 2 aromatic rings. The lowest BCUT2D eigenvalue weighted by Gasteiger charge is -2.05. The Balaban J connectivity index is 1.73. The van der Waals surface area contributed by atoms with Crippen LogP contribution >= 0.6 is 23.1 Å². The lowest BCUT2D eigenvalue weighted by Crippen LogP contribution is -1.99. The third-order valence-corrected chi connectivity index (χ3v) is 4.27. The Morgan fingerprint density at radius 1 is 1.35 bits per heavy atom. The van der Waals surface area contributed by atoms with Crippen molar-refractivity contribution >= 4 is 23.1 Å². The summed E-state index contributed by atoms with van der Waals surface area (Å²) >= 11 is 3.44. The number of thiazole rings is 1. The van der Waals surface area contributed by atoms with Crippen molar-refractivity contribution in [3.63, 3.8) is 0 Å². The molecule has 0 atom stereocenters. The number of rotatable bonds is 5. The van der Waals surface area contributed by atoms with Crippen molar-refractivity contribution in [3.05, 3.63) is 40.9 Å². The largest absolute Gasteiger partial charge is 0.493 e. The molecule has 1 aromatic carbocycles. The molecule has 0 radical (unpaired) electrons. The molecule has 17 heavy (non-hydrogen) atoms. The van der Waals surface area contributed by atoms with Gasteiger partial charge >= 0.3 is 0 Å². The summed E-state index contributed by atoms with van der Waals surface area (Å²) in [6, 6.07) is 8.13. The first-order valence-electron chi connectivity index (χ1n) is 5.48. The fourth-order valence-corrected chi connectivity index (χ4v) is 3.13. The standard InChI is InChI=1S/C13H15NOS2/c1-10-4-3-5-12(8-10)15-6-7-16-13-14-11(2)9-17-13/h3-5,8-9H,6-7H2,1-2H3. The first-order valence-corrected chi connectivity index (χ1v) is 7.35. The van der Waals surface area contributed by atoms with Gasteiger partial charge in [-0.2, -0.15) is 0 Å². The van der Waals surface area contributed by atoms with Crippen LogP contribution in [0.15, 0.2) is 34.0 Å². The van der Waals surface area contributed by atoms with Gasteiger partial charge in [-0.1, -0.05) is 23.9 Å². The van der Waals surface area contributed by atoms with Crippen LogP contribution in [0, 0.1) is 13.8 Å². The van der Waals surface area contributed by atoms with Gasteiger partial charge in [0.25, 0.3) is 0 Å². The first kappa shape index (κ1) is 12.5. The van der Waals surface area contributed by atoms with Crippen LogP contribution in [0.4, 0.5) is 0 Å². The van der Waals surface area contributed by atoms with Gasteiger partial charge in [0.1, 0.15) is 10.1 Å². The van der Waals surface area contributed by atoms with E-state index in [0.717, 1.165) is 21.5 Å². The second-order valence-electron chi connectivity index (χ2n) is 3.77. The summed E-state index contributed by atoms with van der Waals surface area (Å²) in [6.45, 7) is 4.80. The molecule has 0 unspecified atom stereocenters. The molecule has 0 N–H and O–H groups in total. The molecule has 1 heterocycles. The molecule has 0 spiro atoms. The van der Waals surface area contributed by atoms with Gasteiger partial charge in [0.05, 0.1) is 6.61 Å². The molecule has 0 fully saturated rings. The van der Waals surface area contributed by atoms with E-state index < -0.39 is 0 Å². The molecule has 0 saturated carbocycles. The summed E-state index contributed by atoms with van der Waals surface area (Å²) in [6.07, 6.45) is 0. The Labute approximate surface area is 110 Å². The van der Waals surface area contributed by atoms with Crippen molar-refractivity contribution in [1.29, 1.82) is 0 Å². The topological polar surface area (TPSA) is 22.1 Å². The summed E-state index contributed by atoms with van der Waals surface area (Å²) in [4.78, 5) is 4.40. The molecule has 4 heteroatoms. The number of thioether (sulfide) groups is 1. The zero-order chi connectivity index (χ0) is 12.1. The second-order valence-corrected chi connectivity index (χ2v) is 5.97. The fourth-order valence-electron chi connectivity index (χ4n) is 1.39. The summed E-state index contributed by atoms with van der Waals surface area (Å²) < 4.78 is 6.79. The van der Waals surface area contributed by atoms with Gasteiger partial charge in [0, 0.05) is 16.8 Å². The van der Waals surface area contributed by atoms with Crippen molar-refractivity contribution in [2.45, 2.75) is 18.2 Å². The lowest BCUT2D eigenvalue weighted by molar-refractivity contribution is 0.343. The van der Waals surface area contributed by atoms with Gasteiger partial charge in [-0.3, -0.25) is 0 Å². The van der Waals surface area contributed by atoms with Gasteiger partial charge < -0.3 is 4.74 Å². The molecule has 90 valence electrons. The summed E-state index contributed by atoms with van der Waals surface area (Å²) in [7, 11) is 0. The second kappa shape index (κ2) is 6.07. The van der Waals surface area contributed by atoms with Crippen LogP contribution in [0.25, 0.3) is 0 Å². The maximum absolute atomic E-state index is 5.67. The van der Waals surface area contributed by atoms with E-state index >= 15 is 0 Å². The fraction of sp³-hybridized carbons (Fsp3) is 0.308. The highest BCUT2D eigenvalue weighted by molar-refractivity contribution is 8.01. The normalized spacial score (nSPS) is 10.5. The van der Waals surface area contributed by atoms with Gasteiger partial charge in [-0.25, -0.2) is 4.98 Å². The number of aromatic nitrogens is 1. The summed E-state index contributed by atoms with van der Waals surface area (Å²) in [5, 5.41) is 2.07. The van der Waals surface area contributed by atoms with E-state index in [9.17, 15) is 0 Å². The van der Waals surface area contributed by atoms with Crippen molar-refractivity contribution in [3.8, 4) is 5.75 Å². The van der Waals surface area contributed by atoms with Crippen LogP contribution < -0.4 is 4.74 Å². The highest BCUT2D eigenvalue weighted by Crippen LogP contribution is 2.22. The molecular weight excluding hydrogens is 250 g/mol. The third kappa shape index (κ3) is 4.06. The minimum absolute atomic E-state index is 0.715. The molecule has 0 amide bonds. The van der Waals surface area contributed by atoms with Crippen molar-refractivity contribution in [1.82, 2.24) is 4.98 Å². The van der Waals surface area contributed by atoms with Gasteiger partial charge in [-0.15, -0.1) is 11.3 Å². The molecule has 0 bridgehead atoms. The average Bonchev–Trinajstić information content (AvgIpc) is 2.71. The number of hydrogen-bond donors (Lipinski definition) is 0. The van der Waals surface area contributed by atoms with E-state index in [2.05, 4.69) is 29.4 Å². The molecule has 0 aliphatic heterocycles. The van der Waals surface area contributed by atoms with Crippen LogP contribution in [0.1, 0.15) is 11.3 Å². The molecule has 1 aromatic heterocycles. The van der Waals surface area contributed by atoms with Gasteiger partial charge in [0.15, 0.2) is 0 Å².